The monoisotopic (exact) mass is 578 g/mol. The van der Waals surface area contributed by atoms with E-state index in [1.807, 2.05) is 37.3 Å². The number of halogens is 1. The van der Waals surface area contributed by atoms with Gasteiger partial charge in [0.15, 0.2) is 0 Å². The highest BCUT2D eigenvalue weighted by Gasteiger charge is 2.26. The fourth-order valence-corrected chi connectivity index (χ4v) is 5.27. The minimum absolute atomic E-state index is 0.0350. The standard InChI is InChI=1S/C29H27ClN4O5S/c1-20-8-14-26(15-9-20)40(37,38)34(18-22-6-4-3-5-7-22)19-25-13-12-24(39-25)17-31-33-29(36)28(35)32-27-16-23(30)11-10-21(27)2/h3-17H,18-19H2,1-2H3,(H,32,35)(H,33,36)/b31-17+. The van der Waals surface area contributed by atoms with Crippen LogP contribution in [0.2, 0.25) is 5.02 Å². The summed E-state index contributed by atoms with van der Waals surface area (Å²) < 4.78 is 34.1. The second-order valence-electron chi connectivity index (χ2n) is 8.99. The van der Waals surface area contributed by atoms with Crippen LogP contribution in [-0.2, 0) is 32.7 Å². The first-order valence-corrected chi connectivity index (χ1v) is 14.0. The Bertz CT molecular complexity index is 1630. The number of sulfonamides is 1. The van der Waals surface area contributed by atoms with Crippen LogP contribution in [0, 0.1) is 13.8 Å². The Labute approximate surface area is 237 Å². The minimum Gasteiger partial charge on any atom is -0.459 e. The van der Waals surface area contributed by atoms with Crippen LogP contribution in [-0.4, -0.2) is 30.8 Å². The molecule has 0 radical (unpaired) electrons. The van der Waals surface area contributed by atoms with Gasteiger partial charge in [0.25, 0.3) is 0 Å². The summed E-state index contributed by atoms with van der Waals surface area (Å²) in [5.74, 6) is -1.27. The summed E-state index contributed by atoms with van der Waals surface area (Å²) in [6.45, 7) is 3.76. The number of carbonyl (C=O) groups is 2. The fraction of sp³-hybridized carbons (Fsp3) is 0.138. The molecule has 2 amide bonds. The SMILES string of the molecule is Cc1ccc(S(=O)(=O)N(Cc2ccccc2)Cc2ccc(/C=N/NC(=O)C(=O)Nc3cc(Cl)ccc3C)o2)cc1. The minimum atomic E-state index is -3.84. The molecule has 11 heteroatoms. The van der Waals surface area contributed by atoms with Gasteiger partial charge in [0, 0.05) is 17.3 Å². The van der Waals surface area contributed by atoms with Crippen LogP contribution in [0.3, 0.4) is 0 Å². The third kappa shape index (κ3) is 7.44. The molecular formula is C29H27ClN4O5S. The molecule has 0 atom stereocenters. The molecule has 1 heterocycles. The smallest absolute Gasteiger partial charge is 0.329 e. The van der Waals surface area contributed by atoms with Gasteiger partial charge in [-0.25, -0.2) is 13.8 Å². The molecular weight excluding hydrogens is 552 g/mol. The van der Waals surface area contributed by atoms with Crippen molar-refractivity contribution in [2.75, 3.05) is 5.32 Å². The molecule has 4 rings (SSSR count). The Balaban J connectivity index is 1.43. The first kappa shape index (κ1) is 28.8. The zero-order valence-corrected chi connectivity index (χ0v) is 23.4. The van der Waals surface area contributed by atoms with Gasteiger partial charge in [-0.3, -0.25) is 9.59 Å². The molecule has 0 saturated carbocycles. The maximum Gasteiger partial charge on any atom is 0.329 e. The molecule has 0 saturated heterocycles. The van der Waals surface area contributed by atoms with E-state index in [9.17, 15) is 18.0 Å². The summed E-state index contributed by atoms with van der Waals surface area (Å²) in [4.78, 5) is 24.5. The van der Waals surface area contributed by atoms with E-state index >= 15 is 0 Å². The number of anilines is 1. The van der Waals surface area contributed by atoms with Crippen molar-refractivity contribution in [2.45, 2.75) is 31.8 Å². The maximum atomic E-state index is 13.5. The molecule has 0 spiro atoms. The Kier molecular flexibility index (Phi) is 9.15. The van der Waals surface area contributed by atoms with Crippen molar-refractivity contribution in [3.05, 3.63) is 118 Å². The average molecular weight is 579 g/mol. The molecule has 0 aliphatic heterocycles. The van der Waals surface area contributed by atoms with Crippen molar-refractivity contribution in [1.29, 1.82) is 0 Å². The van der Waals surface area contributed by atoms with Crippen LogP contribution in [0.5, 0.6) is 0 Å². The quantitative estimate of drug-likeness (QED) is 0.164. The predicted molar refractivity (Wildman–Crippen MR) is 153 cm³/mol. The topological polar surface area (TPSA) is 121 Å². The lowest BCUT2D eigenvalue weighted by Gasteiger charge is -2.21. The van der Waals surface area contributed by atoms with E-state index in [2.05, 4.69) is 15.8 Å². The molecule has 0 aliphatic rings. The van der Waals surface area contributed by atoms with Crippen LogP contribution in [0.1, 0.15) is 28.2 Å². The van der Waals surface area contributed by atoms with Crippen LogP contribution in [0.4, 0.5) is 5.69 Å². The highest BCUT2D eigenvalue weighted by atomic mass is 35.5. The fourth-order valence-electron chi connectivity index (χ4n) is 3.71. The number of hydrazone groups is 1. The van der Waals surface area contributed by atoms with Gasteiger partial charge >= 0.3 is 11.8 Å². The van der Waals surface area contributed by atoms with Crippen molar-refractivity contribution < 1.29 is 22.4 Å². The number of amides is 2. The first-order chi connectivity index (χ1) is 19.1. The lowest BCUT2D eigenvalue weighted by Crippen LogP contribution is -2.32. The number of rotatable bonds is 9. The van der Waals surface area contributed by atoms with Crippen LogP contribution < -0.4 is 10.7 Å². The summed E-state index contributed by atoms with van der Waals surface area (Å²) in [7, 11) is -3.84. The lowest BCUT2D eigenvalue weighted by molar-refractivity contribution is -0.136. The Hall–Kier alpha value is -4.25. The van der Waals surface area contributed by atoms with Gasteiger partial charge in [-0.05, 0) is 61.4 Å². The van der Waals surface area contributed by atoms with Gasteiger partial charge in [0.2, 0.25) is 10.0 Å². The highest BCUT2D eigenvalue weighted by Crippen LogP contribution is 2.23. The summed E-state index contributed by atoms with van der Waals surface area (Å²) >= 11 is 5.94. The van der Waals surface area contributed by atoms with Crippen molar-refractivity contribution in [3.8, 4) is 0 Å². The number of hydrogen-bond donors (Lipinski definition) is 2. The van der Waals surface area contributed by atoms with Gasteiger partial charge in [0.1, 0.15) is 11.5 Å². The highest BCUT2D eigenvalue weighted by molar-refractivity contribution is 7.89. The zero-order valence-electron chi connectivity index (χ0n) is 21.8. The molecule has 206 valence electrons. The van der Waals surface area contributed by atoms with Gasteiger partial charge in [-0.15, -0.1) is 0 Å². The zero-order chi connectivity index (χ0) is 28.7. The Morgan fingerprint density at radius 2 is 1.65 bits per heavy atom. The number of benzene rings is 3. The lowest BCUT2D eigenvalue weighted by atomic mass is 10.2. The predicted octanol–water partition coefficient (Wildman–Crippen LogP) is 5.03. The summed E-state index contributed by atoms with van der Waals surface area (Å²) in [5.41, 5.74) is 5.06. The van der Waals surface area contributed by atoms with Crippen LogP contribution in [0.25, 0.3) is 0 Å². The average Bonchev–Trinajstić information content (AvgIpc) is 3.38. The number of hydrogen-bond acceptors (Lipinski definition) is 6. The third-order valence-corrected chi connectivity index (χ3v) is 7.93. The number of carbonyl (C=O) groups excluding carboxylic acids is 2. The van der Waals surface area contributed by atoms with Crippen molar-refractivity contribution in [2.24, 2.45) is 5.10 Å². The number of furan rings is 1. The third-order valence-electron chi connectivity index (χ3n) is 5.89. The van der Waals surface area contributed by atoms with Crippen LogP contribution in [0.15, 0.2) is 99.3 Å². The van der Waals surface area contributed by atoms with E-state index in [1.165, 1.54) is 16.6 Å². The largest absolute Gasteiger partial charge is 0.459 e. The van der Waals surface area contributed by atoms with Crippen molar-refractivity contribution in [1.82, 2.24) is 9.73 Å². The molecule has 3 aromatic carbocycles. The van der Waals surface area contributed by atoms with Gasteiger partial charge in [-0.1, -0.05) is 65.7 Å². The molecule has 0 unspecified atom stereocenters. The summed E-state index contributed by atoms with van der Waals surface area (Å²) in [5, 5.41) is 6.67. The summed E-state index contributed by atoms with van der Waals surface area (Å²) in [6.07, 6.45) is 1.22. The van der Waals surface area contributed by atoms with Crippen molar-refractivity contribution in [3.63, 3.8) is 0 Å². The van der Waals surface area contributed by atoms with E-state index in [4.69, 9.17) is 16.0 Å². The Morgan fingerprint density at radius 3 is 2.38 bits per heavy atom. The number of aryl methyl sites for hydroxylation is 2. The van der Waals surface area contributed by atoms with Gasteiger partial charge in [-0.2, -0.15) is 9.41 Å². The van der Waals surface area contributed by atoms with Gasteiger partial charge in [0.05, 0.1) is 17.7 Å². The van der Waals surface area contributed by atoms with E-state index in [0.717, 1.165) is 16.7 Å². The van der Waals surface area contributed by atoms with E-state index in [0.29, 0.717) is 16.5 Å². The maximum absolute atomic E-state index is 13.5. The second-order valence-corrected chi connectivity index (χ2v) is 11.4. The molecule has 2 N–H and O–H groups in total. The van der Waals surface area contributed by atoms with Crippen molar-refractivity contribution >= 4 is 45.3 Å². The molecule has 1 aromatic heterocycles. The molecule has 0 fully saturated rings. The van der Waals surface area contributed by atoms with Gasteiger partial charge < -0.3 is 9.73 Å². The number of nitrogens with zero attached hydrogens (tertiary/aromatic N) is 2. The van der Waals surface area contributed by atoms with E-state index in [-0.39, 0.29) is 23.7 Å². The molecule has 40 heavy (non-hydrogen) atoms. The molecule has 0 aliphatic carbocycles. The molecule has 9 nitrogen and oxygen atoms in total. The molecule has 0 bridgehead atoms. The van der Waals surface area contributed by atoms with E-state index < -0.39 is 21.8 Å². The Morgan fingerprint density at radius 1 is 0.925 bits per heavy atom. The normalized spacial score (nSPS) is 11.6. The summed E-state index contributed by atoms with van der Waals surface area (Å²) in [6, 6.07) is 24.1. The second kappa shape index (κ2) is 12.7. The molecule has 4 aromatic rings. The van der Waals surface area contributed by atoms with Crippen LogP contribution >= 0.6 is 11.6 Å². The number of nitrogens with one attached hydrogen (secondary N) is 2. The first-order valence-electron chi connectivity index (χ1n) is 12.2. The van der Waals surface area contributed by atoms with E-state index in [1.54, 1.807) is 55.5 Å².